The van der Waals surface area contributed by atoms with Crippen molar-refractivity contribution in [3.8, 4) is 11.8 Å². The van der Waals surface area contributed by atoms with Crippen molar-refractivity contribution in [2.45, 2.75) is 73.9 Å². The summed E-state index contributed by atoms with van der Waals surface area (Å²) in [5, 5.41) is 38.6. The number of amides is 2. The Labute approximate surface area is 239 Å². The van der Waals surface area contributed by atoms with Gasteiger partial charge in [0.25, 0.3) is 11.8 Å². The van der Waals surface area contributed by atoms with E-state index >= 15 is 0 Å². The number of aromatic hydroxyl groups is 2. The molecule has 0 fully saturated rings. The largest absolute Gasteiger partial charge is 0.493 e. The van der Waals surface area contributed by atoms with Gasteiger partial charge in [0.05, 0.1) is 11.0 Å². The molecule has 10 nitrogen and oxygen atoms in total. The molecule has 2 aromatic carbocycles. The van der Waals surface area contributed by atoms with Crippen LogP contribution in [0, 0.1) is 25.7 Å². The van der Waals surface area contributed by atoms with Gasteiger partial charge in [0.15, 0.2) is 11.4 Å². The van der Waals surface area contributed by atoms with Gasteiger partial charge in [-0.2, -0.15) is 0 Å². The third-order valence-electron chi connectivity index (χ3n) is 7.02. The third kappa shape index (κ3) is 6.70. The molecular formula is C31H38N6O4. The van der Waals surface area contributed by atoms with Crippen LogP contribution >= 0.6 is 0 Å². The van der Waals surface area contributed by atoms with Crippen molar-refractivity contribution in [3.05, 3.63) is 47.5 Å². The van der Waals surface area contributed by atoms with Crippen molar-refractivity contribution >= 4 is 45.0 Å². The van der Waals surface area contributed by atoms with Crippen LogP contribution in [0.5, 0.6) is 11.8 Å². The molecule has 2 aromatic heterocycles. The number of hydrogen-bond donors (Lipinski definition) is 2. The smallest absolute Gasteiger partial charge is 0.274 e. The molecule has 0 saturated carbocycles. The van der Waals surface area contributed by atoms with Crippen LogP contribution in [0.25, 0.3) is 21.8 Å². The van der Waals surface area contributed by atoms with E-state index in [4.69, 9.17) is 0 Å². The summed E-state index contributed by atoms with van der Waals surface area (Å²) in [6.45, 7) is 13.5. The number of carbonyl (C=O) groups is 2. The lowest BCUT2D eigenvalue weighted by Crippen LogP contribution is -2.01. The number of hydrogen-bond acceptors (Lipinski definition) is 6. The average molecular weight is 559 g/mol. The fourth-order valence-electron chi connectivity index (χ4n) is 4.71. The van der Waals surface area contributed by atoms with E-state index in [1.165, 1.54) is 0 Å². The first kappa shape index (κ1) is 29.6. The van der Waals surface area contributed by atoms with E-state index in [2.05, 4.69) is 48.2 Å². The van der Waals surface area contributed by atoms with E-state index in [0.717, 1.165) is 35.0 Å². The van der Waals surface area contributed by atoms with E-state index in [9.17, 15) is 19.8 Å². The Morgan fingerprint density at radius 2 is 1.10 bits per heavy atom. The molecule has 0 aliphatic rings. The summed E-state index contributed by atoms with van der Waals surface area (Å²) in [6.07, 6.45) is 1.06. The second kappa shape index (κ2) is 12.4. The van der Waals surface area contributed by atoms with Crippen molar-refractivity contribution in [1.82, 2.24) is 9.13 Å². The first-order valence-electron chi connectivity index (χ1n) is 14.0. The molecular weight excluding hydrogens is 520 g/mol. The van der Waals surface area contributed by atoms with Gasteiger partial charge in [0, 0.05) is 23.9 Å². The summed E-state index contributed by atoms with van der Waals surface area (Å²) >= 11 is 0. The minimum Gasteiger partial charge on any atom is -0.493 e. The van der Waals surface area contributed by atoms with Crippen molar-refractivity contribution in [2.75, 3.05) is 0 Å². The number of azo groups is 2. The van der Waals surface area contributed by atoms with Crippen LogP contribution in [0.3, 0.4) is 0 Å². The van der Waals surface area contributed by atoms with Gasteiger partial charge in [-0.3, -0.25) is 9.59 Å². The highest BCUT2D eigenvalue weighted by Crippen LogP contribution is 2.41. The lowest BCUT2D eigenvalue weighted by atomic mass is 10.1. The van der Waals surface area contributed by atoms with E-state index in [0.29, 0.717) is 35.7 Å². The summed E-state index contributed by atoms with van der Waals surface area (Å²) in [7, 11) is 0. The SMILES string of the molecule is Cc1ccc2c(c1)c(N=NC(=O)CC(=O)N=Nc1c(O)n(CCC(C)C)c3ccc(C)cc13)c(O)n2CCC(C)C. The summed E-state index contributed by atoms with van der Waals surface area (Å²) in [5.74, 6) is -0.910. The molecule has 216 valence electrons. The van der Waals surface area contributed by atoms with Gasteiger partial charge in [0.2, 0.25) is 11.8 Å². The summed E-state index contributed by atoms with van der Waals surface area (Å²) in [6, 6.07) is 11.5. The zero-order valence-corrected chi connectivity index (χ0v) is 24.5. The van der Waals surface area contributed by atoms with Gasteiger partial charge in [-0.25, -0.2) is 0 Å². The zero-order chi connectivity index (χ0) is 29.8. The molecule has 2 N–H and O–H groups in total. The topological polar surface area (TPSA) is 134 Å². The second-order valence-corrected chi connectivity index (χ2v) is 11.4. The molecule has 0 bridgehead atoms. The molecule has 0 saturated heterocycles. The van der Waals surface area contributed by atoms with Crippen LogP contribution in [0.15, 0.2) is 56.9 Å². The fourth-order valence-corrected chi connectivity index (χ4v) is 4.71. The molecule has 10 heteroatoms. The minimum atomic E-state index is -0.816. The Kier molecular flexibility index (Phi) is 9.00. The van der Waals surface area contributed by atoms with Gasteiger partial charge in [0.1, 0.15) is 6.42 Å². The maximum atomic E-state index is 12.5. The molecule has 4 rings (SSSR count). The number of rotatable bonds is 10. The number of carbonyl (C=O) groups excluding carboxylic acids is 2. The van der Waals surface area contributed by atoms with Crippen LogP contribution in [0.4, 0.5) is 11.4 Å². The summed E-state index contributed by atoms with van der Waals surface area (Å²) in [4.78, 5) is 25.1. The maximum absolute atomic E-state index is 12.5. The van der Waals surface area contributed by atoms with Crippen LogP contribution in [0.2, 0.25) is 0 Å². The number of nitrogens with zero attached hydrogens (tertiary/aromatic N) is 6. The van der Waals surface area contributed by atoms with Crippen molar-refractivity contribution < 1.29 is 19.8 Å². The lowest BCUT2D eigenvalue weighted by Gasteiger charge is -2.09. The summed E-state index contributed by atoms with van der Waals surface area (Å²) < 4.78 is 3.53. The molecule has 2 heterocycles. The number of aromatic nitrogens is 2. The molecule has 0 aliphatic heterocycles. The quantitative estimate of drug-likeness (QED) is 0.150. The zero-order valence-electron chi connectivity index (χ0n) is 24.5. The highest BCUT2D eigenvalue weighted by Gasteiger charge is 2.20. The molecule has 0 radical (unpaired) electrons. The highest BCUT2D eigenvalue weighted by atomic mass is 16.3. The predicted molar refractivity (Wildman–Crippen MR) is 159 cm³/mol. The van der Waals surface area contributed by atoms with Crippen molar-refractivity contribution in [3.63, 3.8) is 0 Å². The van der Waals surface area contributed by atoms with Gasteiger partial charge >= 0.3 is 0 Å². The first-order chi connectivity index (χ1) is 19.5. The van der Waals surface area contributed by atoms with E-state index in [1.54, 1.807) is 9.13 Å². The molecule has 0 spiro atoms. The summed E-state index contributed by atoms with van der Waals surface area (Å²) in [5.41, 5.74) is 3.90. The van der Waals surface area contributed by atoms with E-state index < -0.39 is 18.2 Å². The number of aryl methyl sites for hydroxylation is 4. The Morgan fingerprint density at radius 3 is 1.46 bits per heavy atom. The lowest BCUT2D eigenvalue weighted by molar-refractivity contribution is -0.126. The van der Waals surface area contributed by atoms with Crippen LogP contribution < -0.4 is 0 Å². The monoisotopic (exact) mass is 558 g/mol. The van der Waals surface area contributed by atoms with E-state index in [-0.39, 0.29) is 23.1 Å². The van der Waals surface area contributed by atoms with E-state index in [1.807, 2.05) is 50.2 Å². The Balaban J connectivity index is 1.54. The van der Waals surface area contributed by atoms with Crippen molar-refractivity contribution in [2.24, 2.45) is 32.3 Å². The average Bonchev–Trinajstić information content (AvgIpc) is 3.31. The normalized spacial score (nSPS) is 12.3. The number of benzene rings is 2. The molecule has 0 unspecified atom stereocenters. The Morgan fingerprint density at radius 1 is 0.707 bits per heavy atom. The van der Waals surface area contributed by atoms with Gasteiger partial charge in [-0.15, -0.1) is 20.5 Å². The Bertz CT molecular complexity index is 1540. The maximum Gasteiger partial charge on any atom is 0.274 e. The first-order valence-corrected chi connectivity index (χ1v) is 14.0. The third-order valence-corrected chi connectivity index (χ3v) is 7.02. The highest BCUT2D eigenvalue weighted by molar-refractivity contribution is 5.99. The molecule has 41 heavy (non-hydrogen) atoms. The van der Waals surface area contributed by atoms with Crippen LogP contribution in [-0.4, -0.2) is 31.2 Å². The standard InChI is InChI=1S/C31H38N6O4/c1-18(2)11-13-36-24-9-7-20(5)15-22(24)28(30(36)40)34-32-26(38)17-27(39)33-35-29-23-16-21(6)8-10-25(23)37(31(29)41)14-12-19(3)4/h7-10,15-16,18-19,40-41H,11-14,17H2,1-6H3. The van der Waals surface area contributed by atoms with Gasteiger partial charge in [-0.05, 0) is 62.8 Å². The molecule has 4 aromatic rings. The van der Waals surface area contributed by atoms with Crippen molar-refractivity contribution in [1.29, 1.82) is 0 Å². The fraction of sp³-hybridized carbons (Fsp3) is 0.419. The molecule has 2 amide bonds. The Hall–Kier alpha value is -4.34. The minimum absolute atomic E-state index is 0.0755. The van der Waals surface area contributed by atoms with Crippen LogP contribution in [0.1, 0.15) is 58.1 Å². The van der Waals surface area contributed by atoms with Crippen LogP contribution in [-0.2, 0) is 22.7 Å². The van der Waals surface area contributed by atoms with Gasteiger partial charge in [-0.1, -0.05) is 51.0 Å². The van der Waals surface area contributed by atoms with Gasteiger partial charge < -0.3 is 19.3 Å². The molecule has 0 aliphatic carbocycles. The molecule has 0 atom stereocenters. The second-order valence-electron chi connectivity index (χ2n) is 11.4. The number of fused-ring (bicyclic) bond motifs is 2. The predicted octanol–water partition coefficient (Wildman–Crippen LogP) is 8.03.